The highest BCUT2D eigenvalue weighted by Crippen LogP contribution is 2.13. The van der Waals surface area contributed by atoms with Crippen LogP contribution in [-0.4, -0.2) is 42.2 Å². The molecule has 1 heterocycles. The number of nitro benzene ring substituents is 1. The Balaban J connectivity index is 1.84. The molecule has 2 rings (SSSR count). The molecule has 1 saturated heterocycles. The fourth-order valence-corrected chi connectivity index (χ4v) is 1.70. The van der Waals surface area contributed by atoms with Crippen LogP contribution in [0.4, 0.5) is 10.5 Å². The van der Waals surface area contributed by atoms with Gasteiger partial charge < -0.3 is 14.4 Å². The number of morpholine rings is 1. The van der Waals surface area contributed by atoms with Gasteiger partial charge in [-0.05, 0) is 17.7 Å². The second-order valence-corrected chi connectivity index (χ2v) is 4.08. The van der Waals surface area contributed by atoms with E-state index in [0.29, 0.717) is 31.9 Å². The van der Waals surface area contributed by atoms with Crippen LogP contribution >= 0.6 is 0 Å². The number of rotatable bonds is 3. The number of benzene rings is 1. The molecule has 102 valence electrons. The molecule has 0 aromatic heterocycles. The fraction of sp³-hybridized carbons (Fsp3) is 0.417. The molecule has 1 aliphatic rings. The predicted molar refractivity (Wildman–Crippen MR) is 65.7 cm³/mol. The molecule has 19 heavy (non-hydrogen) atoms. The van der Waals surface area contributed by atoms with E-state index in [-0.39, 0.29) is 18.4 Å². The lowest BCUT2D eigenvalue weighted by Gasteiger charge is -2.25. The third-order valence-corrected chi connectivity index (χ3v) is 2.78. The molecule has 0 aliphatic carbocycles. The van der Waals surface area contributed by atoms with Gasteiger partial charge in [-0.2, -0.15) is 0 Å². The first-order chi connectivity index (χ1) is 9.16. The molecule has 0 bridgehead atoms. The van der Waals surface area contributed by atoms with Gasteiger partial charge in [-0.1, -0.05) is 0 Å². The minimum Gasteiger partial charge on any atom is -0.445 e. The van der Waals surface area contributed by atoms with Crippen LogP contribution in [0, 0.1) is 10.1 Å². The Bertz CT molecular complexity index is 454. The summed E-state index contributed by atoms with van der Waals surface area (Å²) in [7, 11) is 0. The van der Waals surface area contributed by atoms with Gasteiger partial charge in [-0.15, -0.1) is 0 Å². The Morgan fingerprint density at radius 1 is 1.32 bits per heavy atom. The van der Waals surface area contributed by atoms with E-state index in [2.05, 4.69) is 0 Å². The van der Waals surface area contributed by atoms with Crippen molar-refractivity contribution in [3.63, 3.8) is 0 Å². The molecule has 0 unspecified atom stereocenters. The van der Waals surface area contributed by atoms with Crippen molar-refractivity contribution in [3.05, 3.63) is 39.9 Å². The van der Waals surface area contributed by atoms with Gasteiger partial charge in [0.15, 0.2) is 0 Å². The number of carbonyl (C=O) groups excluding carboxylic acids is 1. The first kappa shape index (κ1) is 13.3. The highest BCUT2D eigenvalue weighted by molar-refractivity contribution is 5.67. The molecule has 0 N–H and O–H groups in total. The monoisotopic (exact) mass is 266 g/mol. The third-order valence-electron chi connectivity index (χ3n) is 2.78. The van der Waals surface area contributed by atoms with Gasteiger partial charge in [0, 0.05) is 25.2 Å². The van der Waals surface area contributed by atoms with E-state index in [1.807, 2.05) is 0 Å². The van der Waals surface area contributed by atoms with Crippen LogP contribution in [0.1, 0.15) is 5.56 Å². The molecule has 1 fully saturated rings. The lowest BCUT2D eigenvalue weighted by Crippen LogP contribution is -2.40. The molecule has 1 aromatic carbocycles. The van der Waals surface area contributed by atoms with E-state index in [0.717, 1.165) is 0 Å². The van der Waals surface area contributed by atoms with Crippen molar-refractivity contribution in [2.45, 2.75) is 6.61 Å². The van der Waals surface area contributed by atoms with Crippen LogP contribution in [0.25, 0.3) is 0 Å². The summed E-state index contributed by atoms with van der Waals surface area (Å²) in [4.78, 5) is 23.3. The van der Waals surface area contributed by atoms with Crippen molar-refractivity contribution >= 4 is 11.8 Å². The second kappa shape index (κ2) is 6.14. The third kappa shape index (κ3) is 3.65. The zero-order chi connectivity index (χ0) is 13.7. The largest absolute Gasteiger partial charge is 0.445 e. The standard InChI is InChI=1S/C12H14N2O5/c15-12(13-5-7-18-8-6-13)19-9-10-1-3-11(4-2-10)14(16)17/h1-4H,5-9H2. The molecule has 7 heteroatoms. The highest BCUT2D eigenvalue weighted by atomic mass is 16.6. The number of hydrogen-bond acceptors (Lipinski definition) is 5. The maximum absolute atomic E-state index is 11.7. The van der Waals surface area contributed by atoms with Gasteiger partial charge >= 0.3 is 6.09 Å². The quantitative estimate of drug-likeness (QED) is 0.612. The van der Waals surface area contributed by atoms with Crippen LogP contribution in [0.2, 0.25) is 0 Å². The molecule has 1 amide bonds. The van der Waals surface area contributed by atoms with Crippen molar-refractivity contribution in [1.82, 2.24) is 4.90 Å². The maximum Gasteiger partial charge on any atom is 0.410 e. The Kier molecular flexibility index (Phi) is 4.30. The topological polar surface area (TPSA) is 81.9 Å². The summed E-state index contributed by atoms with van der Waals surface area (Å²) >= 11 is 0. The average Bonchev–Trinajstić information content (AvgIpc) is 2.46. The van der Waals surface area contributed by atoms with Gasteiger partial charge in [0.1, 0.15) is 6.61 Å². The van der Waals surface area contributed by atoms with Crippen molar-refractivity contribution in [2.75, 3.05) is 26.3 Å². The van der Waals surface area contributed by atoms with E-state index < -0.39 is 4.92 Å². The second-order valence-electron chi connectivity index (χ2n) is 4.08. The van der Waals surface area contributed by atoms with E-state index in [9.17, 15) is 14.9 Å². The predicted octanol–water partition coefficient (Wildman–Crippen LogP) is 1.56. The SMILES string of the molecule is O=C(OCc1ccc([N+](=O)[O-])cc1)N1CCOCC1. The first-order valence-corrected chi connectivity index (χ1v) is 5.89. The number of amides is 1. The lowest BCUT2D eigenvalue weighted by atomic mass is 10.2. The molecule has 1 aliphatic heterocycles. The summed E-state index contributed by atoms with van der Waals surface area (Å²) in [6, 6.07) is 5.92. The summed E-state index contributed by atoms with van der Waals surface area (Å²) in [5.41, 5.74) is 0.732. The Hall–Kier alpha value is -2.15. The van der Waals surface area contributed by atoms with E-state index >= 15 is 0 Å². The summed E-state index contributed by atoms with van der Waals surface area (Å²) in [6.45, 7) is 2.20. The van der Waals surface area contributed by atoms with Crippen molar-refractivity contribution in [3.8, 4) is 0 Å². The summed E-state index contributed by atoms with van der Waals surface area (Å²) < 4.78 is 10.3. The molecule has 0 atom stereocenters. The van der Waals surface area contributed by atoms with Crippen LogP contribution in [0.15, 0.2) is 24.3 Å². The van der Waals surface area contributed by atoms with Crippen LogP contribution < -0.4 is 0 Å². The summed E-state index contributed by atoms with van der Waals surface area (Å²) in [5, 5.41) is 10.5. The van der Waals surface area contributed by atoms with Crippen molar-refractivity contribution in [1.29, 1.82) is 0 Å². The average molecular weight is 266 g/mol. The molecular weight excluding hydrogens is 252 g/mol. The molecule has 0 radical (unpaired) electrons. The van der Waals surface area contributed by atoms with E-state index in [1.165, 1.54) is 12.1 Å². The van der Waals surface area contributed by atoms with Crippen LogP contribution in [-0.2, 0) is 16.1 Å². The smallest absolute Gasteiger partial charge is 0.410 e. The normalized spacial score (nSPS) is 15.1. The highest BCUT2D eigenvalue weighted by Gasteiger charge is 2.18. The molecule has 0 saturated carbocycles. The maximum atomic E-state index is 11.7. The van der Waals surface area contributed by atoms with E-state index in [1.54, 1.807) is 17.0 Å². The van der Waals surface area contributed by atoms with Crippen LogP contribution in [0.5, 0.6) is 0 Å². The minimum atomic E-state index is -0.469. The Morgan fingerprint density at radius 2 is 1.95 bits per heavy atom. The number of nitro groups is 1. The summed E-state index contributed by atoms with van der Waals surface area (Å²) in [5.74, 6) is 0. The number of nitrogens with zero attached hydrogens (tertiary/aromatic N) is 2. The minimum absolute atomic E-state index is 0.0169. The Labute approximate surface area is 109 Å². The molecule has 0 spiro atoms. The van der Waals surface area contributed by atoms with Crippen molar-refractivity contribution < 1.29 is 19.2 Å². The van der Waals surface area contributed by atoms with Gasteiger partial charge in [-0.25, -0.2) is 4.79 Å². The van der Waals surface area contributed by atoms with Gasteiger partial charge in [0.05, 0.1) is 18.1 Å². The Morgan fingerprint density at radius 3 is 2.53 bits per heavy atom. The van der Waals surface area contributed by atoms with Crippen LogP contribution in [0.3, 0.4) is 0 Å². The van der Waals surface area contributed by atoms with E-state index in [4.69, 9.17) is 9.47 Å². The van der Waals surface area contributed by atoms with Crippen molar-refractivity contribution in [2.24, 2.45) is 0 Å². The molecule has 1 aromatic rings. The zero-order valence-electron chi connectivity index (χ0n) is 10.3. The van der Waals surface area contributed by atoms with Gasteiger partial charge in [0.2, 0.25) is 0 Å². The van der Waals surface area contributed by atoms with Gasteiger partial charge in [0.25, 0.3) is 5.69 Å². The number of carbonyl (C=O) groups is 1. The fourth-order valence-electron chi connectivity index (χ4n) is 1.70. The molecular formula is C12H14N2O5. The first-order valence-electron chi connectivity index (χ1n) is 5.89. The van der Waals surface area contributed by atoms with Gasteiger partial charge in [-0.3, -0.25) is 10.1 Å². The lowest BCUT2D eigenvalue weighted by molar-refractivity contribution is -0.384. The number of hydrogen-bond donors (Lipinski definition) is 0. The zero-order valence-corrected chi connectivity index (χ0v) is 10.3. The molecule has 7 nitrogen and oxygen atoms in total. The number of ether oxygens (including phenoxy) is 2. The summed E-state index contributed by atoms with van der Waals surface area (Å²) in [6.07, 6.45) is -0.387. The number of non-ortho nitro benzene ring substituents is 1.